The number of rotatable bonds is 5. The van der Waals surface area contributed by atoms with Crippen molar-refractivity contribution in [1.29, 1.82) is 0 Å². The Bertz CT molecular complexity index is 460. The first-order chi connectivity index (χ1) is 9.18. The quantitative estimate of drug-likeness (QED) is 0.347. The van der Waals surface area contributed by atoms with E-state index in [4.69, 9.17) is 5.73 Å². The highest BCUT2D eigenvalue weighted by Gasteiger charge is 2.27. The molecule has 1 aliphatic carbocycles. The van der Waals surface area contributed by atoms with E-state index in [9.17, 15) is 4.79 Å². The molecule has 6 heteroatoms. The van der Waals surface area contributed by atoms with Gasteiger partial charge in [0, 0.05) is 25.2 Å². The van der Waals surface area contributed by atoms with Gasteiger partial charge in [-0.15, -0.1) is 24.0 Å². The molecule has 5 nitrogen and oxygen atoms in total. The average molecular weight is 388 g/mol. The van der Waals surface area contributed by atoms with Crippen LogP contribution in [-0.2, 0) is 0 Å². The highest BCUT2D eigenvalue weighted by molar-refractivity contribution is 14.0. The molecule has 0 unspecified atom stereocenters. The van der Waals surface area contributed by atoms with Crippen molar-refractivity contribution in [3.8, 4) is 0 Å². The van der Waals surface area contributed by atoms with Crippen LogP contribution in [0.25, 0.3) is 0 Å². The maximum Gasteiger partial charge on any atom is 0.251 e. The molecule has 2 rings (SSSR count). The van der Waals surface area contributed by atoms with E-state index in [-0.39, 0.29) is 29.9 Å². The molecule has 1 fully saturated rings. The summed E-state index contributed by atoms with van der Waals surface area (Å²) in [7, 11) is 1.96. The molecule has 0 heterocycles. The summed E-state index contributed by atoms with van der Waals surface area (Å²) in [5.74, 6) is 0.473. The Kier molecular flexibility index (Phi) is 6.77. The summed E-state index contributed by atoms with van der Waals surface area (Å²) in [5, 5.41) is 2.82. The molecular weight excluding hydrogens is 367 g/mol. The molecule has 3 N–H and O–H groups in total. The molecule has 1 aliphatic rings. The van der Waals surface area contributed by atoms with Gasteiger partial charge in [-0.2, -0.15) is 0 Å². The molecule has 0 saturated heterocycles. The number of nitrogens with two attached hydrogens (primary N) is 1. The van der Waals surface area contributed by atoms with Crippen LogP contribution in [0.1, 0.15) is 23.2 Å². The number of carbonyl (C=O) groups is 1. The van der Waals surface area contributed by atoms with Gasteiger partial charge >= 0.3 is 0 Å². The molecule has 0 bridgehead atoms. The second-order valence-electron chi connectivity index (χ2n) is 4.70. The van der Waals surface area contributed by atoms with Crippen molar-refractivity contribution >= 4 is 35.8 Å². The average Bonchev–Trinajstić information content (AvgIpc) is 3.27. The molecule has 0 atom stereocenters. The van der Waals surface area contributed by atoms with Crippen LogP contribution in [0.4, 0.5) is 0 Å². The number of halogens is 1. The lowest BCUT2D eigenvalue weighted by Crippen LogP contribution is -2.36. The number of guanidine groups is 1. The fraction of sp³-hybridized carbons (Fsp3) is 0.429. The minimum atomic E-state index is -0.0788. The van der Waals surface area contributed by atoms with Crippen molar-refractivity contribution in [3.05, 3.63) is 35.9 Å². The molecule has 0 radical (unpaired) electrons. The van der Waals surface area contributed by atoms with Crippen LogP contribution < -0.4 is 11.1 Å². The summed E-state index contributed by atoms with van der Waals surface area (Å²) >= 11 is 0. The Balaban J connectivity index is 0.00000200. The highest BCUT2D eigenvalue weighted by atomic mass is 127. The Labute approximate surface area is 136 Å². The van der Waals surface area contributed by atoms with Crippen LogP contribution in [0.5, 0.6) is 0 Å². The normalized spacial score (nSPS) is 14.3. The van der Waals surface area contributed by atoms with Crippen LogP contribution in [0.2, 0.25) is 0 Å². The smallest absolute Gasteiger partial charge is 0.251 e. The standard InChI is InChI=1S/C14H20N4O.HI/c1-18(12-7-8-12)14(15)17-10-9-16-13(19)11-5-3-2-4-6-11;/h2-6,12H,7-10H2,1H3,(H2,15,17)(H,16,19);1H. The second-order valence-corrected chi connectivity index (χ2v) is 4.70. The Morgan fingerprint density at radius 3 is 2.65 bits per heavy atom. The van der Waals surface area contributed by atoms with E-state index in [0.29, 0.717) is 30.7 Å². The minimum absolute atomic E-state index is 0. The fourth-order valence-electron chi connectivity index (χ4n) is 1.79. The molecule has 1 aromatic rings. The summed E-state index contributed by atoms with van der Waals surface area (Å²) in [4.78, 5) is 18.0. The maximum atomic E-state index is 11.7. The number of aliphatic imine (C=N–C) groups is 1. The number of nitrogens with zero attached hydrogens (tertiary/aromatic N) is 2. The summed E-state index contributed by atoms with van der Waals surface area (Å²) < 4.78 is 0. The molecular formula is C14H21IN4O. The van der Waals surface area contributed by atoms with E-state index in [1.165, 1.54) is 12.8 Å². The van der Waals surface area contributed by atoms with Gasteiger partial charge in [0.2, 0.25) is 0 Å². The van der Waals surface area contributed by atoms with Gasteiger partial charge in [0.25, 0.3) is 5.91 Å². The van der Waals surface area contributed by atoms with Crippen LogP contribution in [0, 0.1) is 0 Å². The summed E-state index contributed by atoms with van der Waals surface area (Å²) in [6.07, 6.45) is 2.38. The third kappa shape index (κ3) is 4.99. The minimum Gasteiger partial charge on any atom is -0.370 e. The van der Waals surface area contributed by atoms with Gasteiger partial charge in [-0.3, -0.25) is 9.79 Å². The molecule has 110 valence electrons. The third-order valence-electron chi connectivity index (χ3n) is 3.16. The molecule has 1 amide bonds. The van der Waals surface area contributed by atoms with E-state index < -0.39 is 0 Å². The Morgan fingerprint density at radius 2 is 2.05 bits per heavy atom. The maximum absolute atomic E-state index is 11.7. The first-order valence-corrected chi connectivity index (χ1v) is 6.54. The van der Waals surface area contributed by atoms with Gasteiger partial charge < -0.3 is 16.0 Å². The molecule has 0 spiro atoms. The van der Waals surface area contributed by atoms with Crippen molar-refractivity contribution < 1.29 is 4.79 Å². The van der Waals surface area contributed by atoms with E-state index in [1.54, 1.807) is 12.1 Å². The number of amides is 1. The van der Waals surface area contributed by atoms with E-state index >= 15 is 0 Å². The van der Waals surface area contributed by atoms with Crippen molar-refractivity contribution in [2.24, 2.45) is 10.7 Å². The second kappa shape index (κ2) is 8.08. The zero-order valence-corrected chi connectivity index (χ0v) is 13.9. The van der Waals surface area contributed by atoms with Crippen LogP contribution in [-0.4, -0.2) is 42.9 Å². The zero-order valence-electron chi connectivity index (χ0n) is 11.6. The van der Waals surface area contributed by atoms with Crippen molar-refractivity contribution in [1.82, 2.24) is 10.2 Å². The fourth-order valence-corrected chi connectivity index (χ4v) is 1.79. The molecule has 1 saturated carbocycles. The first-order valence-electron chi connectivity index (χ1n) is 6.54. The van der Waals surface area contributed by atoms with Gasteiger partial charge in [0.15, 0.2) is 5.96 Å². The van der Waals surface area contributed by atoms with Gasteiger partial charge in [0.1, 0.15) is 0 Å². The Hall–Kier alpha value is -1.31. The van der Waals surface area contributed by atoms with E-state index in [2.05, 4.69) is 10.3 Å². The number of hydrogen-bond donors (Lipinski definition) is 2. The predicted molar refractivity (Wildman–Crippen MR) is 91.5 cm³/mol. The monoisotopic (exact) mass is 388 g/mol. The lowest BCUT2D eigenvalue weighted by Gasteiger charge is -2.16. The topological polar surface area (TPSA) is 70.7 Å². The van der Waals surface area contributed by atoms with Gasteiger partial charge in [-0.05, 0) is 25.0 Å². The highest BCUT2D eigenvalue weighted by Crippen LogP contribution is 2.24. The zero-order chi connectivity index (χ0) is 13.7. The molecule has 0 aromatic heterocycles. The summed E-state index contributed by atoms with van der Waals surface area (Å²) in [6.45, 7) is 0.994. The largest absolute Gasteiger partial charge is 0.370 e. The summed E-state index contributed by atoms with van der Waals surface area (Å²) in [6, 6.07) is 9.70. The SMILES string of the molecule is CN(C(N)=NCCNC(=O)c1ccccc1)C1CC1.I. The lowest BCUT2D eigenvalue weighted by atomic mass is 10.2. The number of nitrogens with one attached hydrogen (secondary N) is 1. The Morgan fingerprint density at radius 1 is 1.40 bits per heavy atom. The van der Waals surface area contributed by atoms with Crippen molar-refractivity contribution in [3.63, 3.8) is 0 Å². The lowest BCUT2D eigenvalue weighted by molar-refractivity contribution is 0.0955. The van der Waals surface area contributed by atoms with Crippen LogP contribution >= 0.6 is 24.0 Å². The van der Waals surface area contributed by atoms with E-state index in [0.717, 1.165) is 0 Å². The number of hydrogen-bond acceptors (Lipinski definition) is 2. The molecule has 1 aromatic carbocycles. The van der Waals surface area contributed by atoms with E-state index in [1.807, 2.05) is 30.1 Å². The van der Waals surface area contributed by atoms with Gasteiger partial charge in [0.05, 0.1) is 6.54 Å². The number of benzene rings is 1. The van der Waals surface area contributed by atoms with Gasteiger partial charge in [-0.25, -0.2) is 0 Å². The van der Waals surface area contributed by atoms with Crippen molar-refractivity contribution in [2.75, 3.05) is 20.1 Å². The van der Waals surface area contributed by atoms with Crippen LogP contribution in [0.15, 0.2) is 35.3 Å². The third-order valence-corrected chi connectivity index (χ3v) is 3.16. The first kappa shape index (κ1) is 16.7. The van der Waals surface area contributed by atoms with Crippen molar-refractivity contribution in [2.45, 2.75) is 18.9 Å². The predicted octanol–water partition coefficient (Wildman–Crippen LogP) is 1.44. The molecule has 20 heavy (non-hydrogen) atoms. The van der Waals surface area contributed by atoms with Crippen LogP contribution in [0.3, 0.4) is 0 Å². The van der Waals surface area contributed by atoms with Gasteiger partial charge in [-0.1, -0.05) is 18.2 Å². The number of carbonyl (C=O) groups excluding carboxylic acids is 1. The molecule has 0 aliphatic heterocycles. The summed E-state index contributed by atoms with van der Waals surface area (Å²) in [5.41, 5.74) is 6.51.